The van der Waals surface area contributed by atoms with Gasteiger partial charge in [-0.05, 0) is 48.4 Å². The van der Waals surface area contributed by atoms with E-state index < -0.39 is 0 Å². The van der Waals surface area contributed by atoms with E-state index in [1.165, 1.54) is 0 Å². The number of rotatable bonds is 3. The Bertz CT molecular complexity index is 734. The van der Waals surface area contributed by atoms with Crippen molar-refractivity contribution in [2.75, 3.05) is 5.32 Å². The lowest BCUT2D eigenvalue weighted by molar-refractivity contribution is -0.116. The molecule has 110 valence electrons. The van der Waals surface area contributed by atoms with Gasteiger partial charge in [0.25, 0.3) is 0 Å². The van der Waals surface area contributed by atoms with Gasteiger partial charge in [-0.3, -0.25) is 4.79 Å². The molecule has 0 aliphatic heterocycles. The lowest BCUT2D eigenvalue weighted by Gasteiger charge is -2.08. The third kappa shape index (κ3) is 4.09. The molecule has 1 amide bonds. The van der Waals surface area contributed by atoms with Crippen LogP contribution in [0.2, 0.25) is 0 Å². The molecular formula is C19H17NOS. The van der Waals surface area contributed by atoms with Crippen molar-refractivity contribution < 1.29 is 4.79 Å². The Kier molecular flexibility index (Phi) is 4.72. The van der Waals surface area contributed by atoms with Crippen LogP contribution in [0.25, 0.3) is 0 Å². The monoisotopic (exact) mass is 307 g/mol. The summed E-state index contributed by atoms with van der Waals surface area (Å²) in [5.74, 6) is 6.72. The zero-order valence-electron chi connectivity index (χ0n) is 12.2. The zero-order chi connectivity index (χ0) is 15.2. The normalized spacial score (nSPS) is 16.1. The average Bonchev–Trinajstić information content (AvgIpc) is 3.18. The molecule has 0 spiro atoms. The van der Waals surface area contributed by atoms with E-state index in [0.717, 1.165) is 29.0 Å². The molecule has 22 heavy (non-hydrogen) atoms. The fourth-order valence-electron chi connectivity index (χ4n) is 2.47. The molecule has 0 saturated carbocycles. The standard InChI is InChI=1S/C19H17NOS/c21-19(14-15-5-1-2-6-15)20-17-8-3-7-16(13-17)10-11-18-9-4-12-22-18/h1,3-5,7-9,12-13,15H,2,6,14H2,(H,20,21). The van der Waals surface area contributed by atoms with Crippen molar-refractivity contribution in [1.29, 1.82) is 0 Å². The first-order valence-corrected chi connectivity index (χ1v) is 8.30. The Balaban J connectivity index is 1.63. The van der Waals surface area contributed by atoms with Gasteiger partial charge in [-0.25, -0.2) is 0 Å². The van der Waals surface area contributed by atoms with Crippen LogP contribution in [0.15, 0.2) is 53.9 Å². The molecule has 2 nitrogen and oxygen atoms in total. The molecule has 1 aromatic carbocycles. The fourth-order valence-corrected chi connectivity index (χ4v) is 3.04. The highest BCUT2D eigenvalue weighted by molar-refractivity contribution is 7.10. The van der Waals surface area contributed by atoms with Crippen molar-refractivity contribution in [1.82, 2.24) is 0 Å². The number of nitrogens with one attached hydrogen (secondary N) is 1. The van der Waals surface area contributed by atoms with E-state index >= 15 is 0 Å². The maximum atomic E-state index is 12.0. The van der Waals surface area contributed by atoms with Crippen LogP contribution in [-0.4, -0.2) is 5.91 Å². The number of carbonyl (C=O) groups is 1. The number of allylic oxidation sites excluding steroid dienone is 2. The topological polar surface area (TPSA) is 29.1 Å². The molecule has 1 aliphatic carbocycles. The third-order valence-corrected chi connectivity index (χ3v) is 4.34. The quantitative estimate of drug-likeness (QED) is 0.659. The second kappa shape index (κ2) is 7.11. The van der Waals surface area contributed by atoms with Gasteiger partial charge < -0.3 is 5.32 Å². The van der Waals surface area contributed by atoms with E-state index in [9.17, 15) is 4.79 Å². The molecule has 1 unspecified atom stereocenters. The maximum absolute atomic E-state index is 12.0. The number of amides is 1. The average molecular weight is 307 g/mol. The van der Waals surface area contributed by atoms with Crippen molar-refractivity contribution in [3.8, 4) is 11.8 Å². The summed E-state index contributed by atoms with van der Waals surface area (Å²) < 4.78 is 0. The Morgan fingerprint density at radius 2 is 2.23 bits per heavy atom. The molecule has 1 aromatic heterocycles. The van der Waals surface area contributed by atoms with Gasteiger partial charge in [0.05, 0.1) is 4.88 Å². The summed E-state index contributed by atoms with van der Waals surface area (Å²) in [6, 6.07) is 11.7. The van der Waals surface area contributed by atoms with Crippen molar-refractivity contribution >= 4 is 22.9 Å². The molecule has 0 saturated heterocycles. The van der Waals surface area contributed by atoms with Crippen LogP contribution >= 0.6 is 11.3 Å². The first kappa shape index (κ1) is 14.6. The smallest absolute Gasteiger partial charge is 0.224 e. The highest BCUT2D eigenvalue weighted by Crippen LogP contribution is 2.21. The highest BCUT2D eigenvalue weighted by Gasteiger charge is 2.13. The number of thiophene rings is 1. The summed E-state index contributed by atoms with van der Waals surface area (Å²) in [6.45, 7) is 0. The second-order valence-corrected chi connectivity index (χ2v) is 6.27. The van der Waals surface area contributed by atoms with Crippen molar-refractivity contribution in [2.24, 2.45) is 5.92 Å². The van der Waals surface area contributed by atoms with Gasteiger partial charge in [0.2, 0.25) is 5.91 Å². The molecule has 1 aliphatic rings. The molecule has 3 heteroatoms. The molecular weight excluding hydrogens is 290 g/mol. The van der Waals surface area contributed by atoms with Crippen LogP contribution in [0.1, 0.15) is 29.7 Å². The summed E-state index contributed by atoms with van der Waals surface area (Å²) in [5, 5.41) is 4.98. The lowest BCUT2D eigenvalue weighted by atomic mass is 10.0. The van der Waals surface area contributed by atoms with Gasteiger partial charge in [0.15, 0.2) is 0 Å². The van der Waals surface area contributed by atoms with E-state index in [0.29, 0.717) is 12.3 Å². The third-order valence-electron chi connectivity index (χ3n) is 3.56. The van der Waals surface area contributed by atoms with Crippen LogP contribution in [0.3, 0.4) is 0 Å². The molecule has 3 rings (SSSR count). The summed E-state index contributed by atoms with van der Waals surface area (Å²) in [4.78, 5) is 13.1. The number of hydrogen-bond acceptors (Lipinski definition) is 2. The molecule has 0 fully saturated rings. The van der Waals surface area contributed by atoms with Crippen LogP contribution < -0.4 is 5.32 Å². The van der Waals surface area contributed by atoms with Gasteiger partial charge in [-0.15, -0.1) is 11.3 Å². The van der Waals surface area contributed by atoms with Gasteiger partial charge in [-0.1, -0.05) is 36.1 Å². The SMILES string of the molecule is O=C(CC1C=CCC1)Nc1cccc(C#Cc2cccs2)c1. The largest absolute Gasteiger partial charge is 0.326 e. The molecule has 1 heterocycles. The first-order chi connectivity index (χ1) is 10.8. The zero-order valence-corrected chi connectivity index (χ0v) is 13.0. The van der Waals surface area contributed by atoms with E-state index in [-0.39, 0.29) is 5.91 Å². The van der Waals surface area contributed by atoms with Gasteiger partial charge in [-0.2, -0.15) is 0 Å². The minimum absolute atomic E-state index is 0.0694. The second-order valence-electron chi connectivity index (χ2n) is 5.33. The molecule has 1 atom stereocenters. The van der Waals surface area contributed by atoms with Crippen molar-refractivity contribution in [3.63, 3.8) is 0 Å². The number of carbonyl (C=O) groups excluding carboxylic acids is 1. The van der Waals surface area contributed by atoms with Crippen LogP contribution in [0.5, 0.6) is 0 Å². The Morgan fingerprint density at radius 3 is 3.00 bits per heavy atom. The first-order valence-electron chi connectivity index (χ1n) is 7.42. The van der Waals surface area contributed by atoms with Crippen LogP contribution in [-0.2, 0) is 4.79 Å². The maximum Gasteiger partial charge on any atom is 0.224 e. The van der Waals surface area contributed by atoms with E-state index in [2.05, 4.69) is 29.3 Å². The highest BCUT2D eigenvalue weighted by atomic mass is 32.1. The van der Waals surface area contributed by atoms with Crippen LogP contribution in [0.4, 0.5) is 5.69 Å². The van der Waals surface area contributed by atoms with Crippen LogP contribution in [0, 0.1) is 17.8 Å². The summed E-state index contributed by atoms with van der Waals surface area (Å²) in [7, 11) is 0. The summed E-state index contributed by atoms with van der Waals surface area (Å²) in [5.41, 5.74) is 1.72. The van der Waals surface area contributed by atoms with E-state index in [4.69, 9.17) is 0 Å². The van der Waals surface area contributed by atoms with Crippen molar-refractivity contribution in [2.45, 2.75) is 19.3 Å². The van der Waals surface area contributed by atoms with Crippen molar-refractivity contribution in [3.05, 3.63) is 64.4 Å². The Labute approximate surface area is 134 Å². The molecule has 0 bridgehead atoms. The minimum Gasteiger partial charge on any atom is -0.326 e. The molecule has 2 aromatic rings. The minimum atomic E-state index is 0.0694. The lowest BCUT2D eigenvalue weighted by Crippen LogP contribution is -2.14. The summed E-state index contributed by atoms with van der Waals surface area (Å²) in [6.07, 6.45) is 7.02. The van der Waals surface area contributed by atoms with Gasteiger partial charge >= 0.3 is 0 Å². The molecule has 0 radical (unpaired) electrons. The number of anilines is 1. The predicted molar refractivity (Wildman–Crippen MR) is 91.9 cm³/mol. The Morgan fingerprint density at radius 1 is 1.27 bits per heavy atom. The van der Waals surface area contributed by atoms with Gasteiger partial charge in [0, 0.05) is 17.7 Å². The molecule has 1 N–H and O–H groups in total. The predicted octanol–water partition coefficient (Wildman–Crippen LogP) is 4.44. The van der Waals surface area contributed by atoms with E-state index in [1.54, 1.807) is 11.3 Å². The number of hydrogen-bond donors (Lipinski definition) is 1. The summed E-state index contributed by atoms with van der Waals surface area (Å²) >= 11 is 1.62. The van der Waals surface area contributed by atoms with E-state index in [1.807, 2.05) is 41.8 Å². The number of benzene rings is 1. The fraction of sp³-hybridized carbons (Fsp3) is 0.211. The van der Waals surface area contributed by atoms with Gasteiger partial charge in [0.1, 0.15) is 0 Å². The Hall–Kier alpha value is -2.31.